The Balaban J connectivity index is 1.33. The van der Waals surface area contributed by atoms with Crippen molar-refractivity contribution < 1.29 is 14.4 Å². The van der Waals surface area contributed by atoms with Gasteiger partial charge in [-0.2, -0.15) is 0 Å². The number of hydrogen-bond donors (Lipinski definition) is 1. The van der Waals surface area contributed by atoms with Gasteiger partial charge in [-0.25, -0.2) is 0 Å². The van der Waals surface area contributed by atoms with E-state index in [-0.39, 0.29) is 54.4 Å². The Bertz CT molecular complexity index is 751. The van der Waals surface area contributed by atoms with Crippen LogP contribution in [0.2, 0.25) is 0 Å². The zero-order valence-electron chi connectivity index (χ0n) is 15.1. The summed E-state index contributed by atoms with van der Waals surface area (Å²) >= 11 is 0. The summed E-state index contributed by atoms with van der Waals surface area (Å²) in [5.41, 5.74) is 1.95. The van der Waals surface area contributed by atoms with Crippen LogP contribution in [-0.4, -0.2) is 29.2 Å². The van der Waals surface area contributed by atoms with E-state index in [9.17, 15) is 14.4 Å². The highest BCUT2D eigenvalue weighted by molar-refractivity contribution is 6.06. The van der Waals surface area contributed by atoms with E-state index in [1.54, 1.807) is 0 Å². The van der Waals surface area contributed by atoms with Crippen LogP contribution in [0.25, 0.3) is 0 Å². The highest BCUT2D eigenvalue weighted by atomic mass is 16.2. The first kappa shape index (κ1) is 17.0. The molecule has 1 N–H and O–H groups in total. The second-order valence-electron chi connectivity index (χ2n) is 7.90. The number of imide groups is 1. The highest BCUT2D eigenvalue weighted by Crippen LogP contribution is 2.52. The molecule has 3 aliphatic rings. The predicted octanol–water partition coefficient (Wildman–Crippen LogP) is 2.95. The number of nitrogens with zero attached hydrogens (tertiary/aromatic N) is 1. The molecule has 0 unspecified atom stereocenters. The molecule has 4 atom stereocenters. The molecule has 1 aromatic rings. The summed E-state index contributed by atoms with van der Waals surface area (Å²) in [5, 5.41) is 2.84. The molecule has 0 radical (unpaired) electrons. The number of benzene rings is 1. The Morgan fingerprint density at radius 2 is 1.65 bits per heavy atom. The Hall–Kier alpha value is -2.43. The SMILES string of the molecule is CC(C)c1ccc(NC(=O)CCN2C(=O)[C@@H]3[C@@H](C2=O)[C@H]2C=C[C@H]3C2)cc1. The lowest BCUT2D eigenvalue weighted by Gasteiger charge is -2.17. The zero-order valence-corrected chi connectivity index (χ0v) is 15.1. The topological polar surface area (TPSA) is 66.5 Å². The lowest BCUT2D eigenvalue weighted by atomic mass is 9.85. The standard InChI is InChI=1S/C21H24N2O3/c1-12(2)13-5-7-16(8-6-13)22-17(24)9-10-23-20(25)18-14-3-4-15(11-14)19(18)21(23)26/h3-8,12,14-15,18-19H,9-11H2,1-2H3,(H,22,24)/t14-,15-,18-,19-/m0/s1. The van der Waals surface area contributed by atoms with Gasteiger partial charge >= 0.3 is 0 Å². The third-order valence-corrected chi connectivity index (χ3v) is 5.99. The summed E-state index contributed by atoms with van der Waals surface area (Å²) in [6.07, 6.45) is 5.21. The summed E-state index contributed by atoms with van der Waals surface area (Å²) in [6, 6.07) is 7.76. The number of carbonyl (C=O) groups is 3. The van der Waals surface area contributed by atoms with Crippen LogP contribution in [0.15, 0.2) is 36.4 Å². The first-order valence-corrected chi connectivity index (χ1v) is 9.39. The van der Waals surface area contributed by atoms with Crippen molar-refractivity contribution in [2.75, 3.05) is 11.9 Å². The Kier molecular flexibility index (Phi) is 4.17. The van der Waals surface area contributed by atoms with Gasteiger partial charge < -0.3 is 5.32 Å². The molecule has 3 amide bonds. The van der Waals surface area contributed by atoms with Crippen LogP contribution >= 0.6 is 0 Å². The Morgan fingerprint density at radius 1 is 1.08 bits per heavy atom. The molecule has 1 saturated heterocycles. The molecule has 1 saturated carbocycles. The van der Waals surface area contributed by atoms with E-state index in [1.165, 1.54) is 10.5 Å². The van der Waals surface area contributed by atoms with Crippen molar-refractivity contribution in [2.45, 2.75) is 32.6 Å². The Morgan fingerprint density at radius 3 is 2.19 bits per heavy atom. The van der Waals surface area contributed by atoms with Crippen molar-refractivity contribution in [3.63, 3.8) is 0 Å². The van der Waals surface area contributed by atoms with Crippen LogP contribution < -0.4 is 5.32 Å². The average molecular weight is 352 g/mol. The maximum absolute atomic E-state index is 12.6. The van der Waals surface area contributed by atoms with Gasteiger partial charge in [0, 0.05) is 18.7 Å². The third-order valence-electron chi connectivity index (χ3n) is 5.99. The van der Waals surface area contributed by atoms with Crippen molar-refractivity contribution in [3.8, 4) is 0 Å². The fourth-order valence-electron chi connectivity index (χ4n) is 4.57. The maximum atomic E-state index is 12.6. The molecular formula is C21H24N2O3. The Labute approximate surface area is 153 Å². The van der Waals surface area contributed by atoms with E-state index < -0.39 is 0 Å². The molecular weight excluding hydrogens is 328 g/mol. The first-order chi connectivity index (χ1) is 12.5. The second-order valence-corrected chi connectivity index (χ2v) is 7.90. The fraction of sp³-hybridized carbons (Fsp3) is 0.476. The third kappa shape index (κ3) is 2.75. The van der Waals surface area contributed by atoms with E-state index in [0.717, 1.165) is 12.1 Å². The number of likely N-dealkylation sites (tertiary alicyclic amines) is 1. The summed E-state index contributed by atoms with van der Waals surface area (Å²) < 4.78 is 0. The number of hydrogen-bond acceptors (Lipinski definition) is 3. The van der Waals surface area contributed by atoms with Crippen molar-refractivity contribution in [1.82, 2.24) is 4.90 Å². The van der Waals surface area contributed by atoms with Gasteiger partial charge in [-0.15, -0.1) is 0 Å². The predicted molar refractivity (Wildman–Crippen MR) is 98.2 cm³/mol. The van der Waals surface area contributed by atoms with Crippen LogP contribution in [-0.2, 0) is 14.4 Å². The molecule has 1 aromatic carbocycles. The molecule has 1 aliphatic heterocycles. The number of nitrogens with one attached hydrogen (secondary N) is 1. The van der Waals surface area contributed by atoms with Gasteiger partial charge in [-0.05, 0) is 41.9 Å². The zero-order chi connectivity index (χ0) is 18.4. The van der Waals surface area contributed by atoms with Crippen molar-refractivity contribution in [3.05, 3.63) is 42.0 Å². The lowest BCUT2D eigenvalue weighted by Crippen LogP contribution is -2.35. The molecule has 136 valence electrons. The number of anilines is 1. The van der Waals surface area contributed by atoms with Crippen LogP contribution in [0, 0.1) is 23.7 Å². The largest absolute Gasteiger partial charge is 0.326 e. The molecule has 0 spiro atoms. The molecule has 5 nitrogen and oxygen atoms in total. The maximum Gasteiger partial charge on any atom is 0.233 e. The minimum atomic E-state index is -0.191. The number of rotatable bonds is 5. The van der Waals surface area contributed by atoms with Crippen LogP contribution in [0.3, 0.4) is 0 Å². The van der Waals surface area contributed by atoms with Gasteiger partial charge in [0.05, 0.1) is 11.8 Å². The minimum absolute atomic E-state index is 0.0917. The van der Waals surface area contributed by atoms with Gasteiger partial charge in [0.1, 0.15) is 0 Å². The fourth-order valence-corrected chi connectivity index (χ4v) is 4.57. The number of carbonyl (C=O) groups excluding carboxylic acids is 3. The molecule has 2 bridgehead atoms. The average Bonchev–Trinajstić information content (AvgIpc) is 3.28. The molecule has 4 rings (SSSR count). The summed E-state index contributed by atoms with van der Waals surface area (Å²) in [4.78, 5) is 38.7. The normalized spacial score (nSPS) is 29.0. The van der Waals surface area contributed by atoms with Gasteiger partial charge in [-0.1, -0.05) is 38.1 Å². The molecule has 0 aromatic heterocycles. The first-order valence-electron chi connectivity index (χ1n) is 9.39. The number of fused-ring (bicyclic) bond motifs is 5. The number of allylic oxidation sites excluding steroid dienone is 2. The molecule has 1 heterocycles. The van der Waals surface area contributed by atoms with Crippen LogP contribution in [0.1, 0.15) is 38.2 Å². The van der Waals surface area contributed by atoms with Gasteiger partial charge in [0.2, 0.25) is 17.7 Å². The summed E-state index contributed by atoms with van der Waals surface area (Å²) in [5.74, 6) is 0.113. The monoisotopic (exact) mass is 352 g/mol. The summed E-state index contributed by atoms with van der Waals surface area (Å²) in [6.45, 7) is 4.41. The van der Waals surface area contributed by atoms with Gasteiger partial charge in [0.15, 0.2) is 0 Å². The van der Waals surface area contributed by atoms with Gasteiger partial charge in [0.25, 0.3) is 0 Å². The second kappa shape index (κ2) is 6.38. The van der Waals surface area contributed by atoms with E-state index in [1.807, 2.05) is 24.3 Å². The van der Waals surface area contributed by atoms with Crippen LogP contribution in [0.5, 0.6) is 0 Å². The lowest BCUT2D eigenvalue weighted by molar-refractivity contribution is -0.140. The van der Waals surface area contributed by atoms with E-state index in [0.29, 0.717) is 5.92 Å². The van der Waals surface area contributed by atoms with Crippen LogP contribution in [0.4, 0.5) is 5.69 Å². The quantitative estimate of drug-likeness (QED) is 0.654. The van der Waals surface area contributed by atoms with Gasteiger partial charge in [-0.3, -0.25) is 19.3 Å². The van der Waals surface area contributed by atoms with Crippen molar-refractivity contribution in [1.29, 1.82) is 0 Å². The number of amides is 3. The smallest absolute Gasteiger partial charge is 0.233 e. The van der Waals surface area contributed by atoms with Crippen molar-refractivity contribution >= 4 is 23.4 Å². The van der Waals surface area contributed by atoms with Crippen molar-refractivity contribution in [2.24, 2.45) is 23.7 Å². The van der Waals surface area contributed by atoms with E-state index in [2.05, 4.69) is 31.3 Å². The van der Waals surface area contributed by atoms with E-state index in [4.69, 9.17) is 0 Å². The minimum Gasteiger partial charge on any atom is -0.326 e. The van der Waals surface area contributed by atoms with E-state index >= 15 is 0 Å². The summed E-state index contributed by atoms with van der Waals surface area (Å²) in [7, 11) is 0. The molecule has 2 fully saturated rings. The molecule has 2 aliphatic carbocycles. The highest BCUT2D eigenvalue weighted by Gasteiger charge is 2.58. The molecule has 5 heteroatoms. The molecule has 26 heavy (non-hydrogen) atoms.